The van der Waals surface area contributed by atoms with Crippen molar-refractivity contribution in [3.63, 3.8) is 0 Å². The summed E-state index contributed by atoms with van der Waals surface area (Å²) in [5.74, 6) is 1.15. The predicted molar refractivity (Wildman–Crippen MR) is 96.4 cm³/mol. The van der Waals surface area contributed by atoms with Gasteiger partial charge in [-0.2, -0.15) is 4.98 Å². The topological polar surface area (TPSA) is 67.6 Å². The summed E-state index contributed by atoms with van der Waals surface area (Å²) in [5, 5.41) is 3.22. The van der Waals surface area contributed by atoms with E-state index in [1.54, 1.807) is 24.3 Å². The molecule has 5 rings (SSSR count). The number of aromatic nitrogens is 1. The van der Waals surface area contributed by atoms with Gasteiger partial charge in [-0.15, -0.1) is 0 Å². The summed E-state index contributed by atoms with van der Waals surface area (Å²) in [5.41, 5.74) is 0.634. The number of fused-ring (bicyclic) bond motifs is 3. The molecule has 126 valence electrons. The first-order chi connectivity index (χ1) is 11.7. The Labute approximate surface area is 153 Å². The molecule has 24 heavy (non-hydrogen) atoms. The molecule has 3 saturated heterocycles. The number of alkyl halides is 1. The average Bonchev–Trinajstić information content (AvgIpc) is 3.12. The summed E-state index contributed by atoms with van der Waals surface area (Å²) in [6.07, 6.45) is 5.50. The first-order valence-corrected chi connectivity index (χ1v) is 9.32. The number of hydrogen-bond donors (Lipinski definition) is 1. The average molecular weight is 439 g/mol. The van der Waals surface area contributed by atoms with Gasteiger partial charge >= 0.3 is 6.08 Å². The van der Waals surface area contributed by atoms with E-state index in [-0.39, 0.29) is 18.0 Å². The molecule has 1 aromatic heterocycles. The van der Waals surface area contributed by atoms with E-state index in [1.807, 2.05) is 0 Å². The summed E-state index contributed by atoms with van der Waals surface area (Å²) >= 11 is 2.46. The molecule has 7 heteroatoms. The summed E-state index contributed by atoms with van der Waals surface area (Å²) in [6.45, 7) is 2.30. The fourth-order valence-electron chi connectivity index (χ4n) is 3.43. The van der Waals surface area contributed by atoms with E-state index in [0.717, 1.165) is 13.1 Å². The molecule has 1 aromatic carbocycles. The second-order valence-corrected chi connectivity index (χ2v) is 7.45. The third kappa shape index (κ3) is 3.14. The lowest BCUT2D eigenvalue weighted by atomic mass is 9.84. The van der Waals surface area contributed by atoms with Crippen molar-refractivity contribution in [3.05, 3.63) is 42.3 Å². The molecule has 2 atom stereocenters. The highest BCUT2D eigenvalue weighted by molar-refractivity contribution is 14.1. The van der Waals surface area contributed by atoms with Crippen molar-refractivity contribution in [1.29, 1.82) is 0 Å². The van der Waals surface area contributed by atoms with Crippen LogP contribution in [0.15, 0.2) is 41.1 Å². The number of benzene rings is 1. The van der Waals surface area contributed by atoms with Crippen LogP contribution in [-0.4, -0.2) is 39.0 Å². The Balaban J connectivity index is 1.41. The molecule has 2 aromatic rings. The smallest absolute Gasteiger partial charge is 0.399 e. The Hall–Kier alpha value is -1.61. The van der Waals surface area contributed by atoms with Crippen LogP contribution in [0.3, 0.4) is 0 Å². The van der Waals surface area contributed by atoms with Crippen LogP contribution in [0, 0.1) is 5.92 Å². The van der Waals surface area contributed by atoms with Gasteiger partial charge in [0.15, 0.2) is 0 Å². The van der Waals surface area contributed by atoms with Crippen molar-refractivity contribution in [2.75, 3.05) is 13.1 Å². The molecule has 4 heterocycles. The summed E-state index contributed by atoms with van der Waals surface area (Å²) in [6, 6.07) is 7.24. The molecule has 3 aliphatic heterocycles. The molecule has 1 N–H and O–H groups in total. The van der Waals surface area contributed by atoms with Crippen LogP contribution in [0.1, 0.15) is 23.2 Å². The van der Waals surface area contributed by atoms with Crippen molar-refractivity contribution in [3.8, 4) is 11.8 Å². The fraction of sp³-hybridized carbons (Fsp3) is 0.412. The SMILES string of the molecule is O=C(N[C@@H]1C2CCN(CC2)C1I)c1ccc(Oc2ncco2)cc1. The van der Waals surface area contributed by atoms with Crippen molar-refractivity contribution in [1.82, 2.24) is 15.2 Å². The van der Waals surface area contributed by atoms with E-state index in [1.165, 1.54) is 25.3 Å². The predicted octanol–water partition coefficient (Wildman–Crippen LogP) is 3.05. The van der Waals surface area contributed by atoms with Crippen LogP contribution in [0.25, 0.3) is 0 Å². The molecule has 0 aliphatic carbocycles. The lowest BCUT2D eigenvalue weighted by Gasteiger charge is -2.48. The molecule has 3 fully saturated rings. The number of carbonyl (C=O) groups is 1. The van der Waals surface area contributed by atoms with Gasteiger partial charge in [0.1, 0.15) is 12.0 Å². The molecule has 2 bridgehead atoms. The van der Waals surface area contributed by atoms with E-state index >= 15 is 0 Å². The standard InChI is InChI=1S/C17H18IN3O3/c18-15-14(11-5-8-21(15)9-6-11)20-16(22)12-1-3-13(4-2-12)24-17-19-7-10-23-17/h1-4,7,10-11,14-15H,5-6,8-9H2,(H,20,22)/t14-,15?/m1/s1. The van der Waals surface area contributed by atoms with Crippen molar-refractivity contribution in [2.24, 2.45) is 5.92 Å². The number of amides is 1. The maximum atomic E-state index is 12.6. The molecule has 3 aliphatic rings. The number of rotatable bonds is 4. The van der Waals surface area contributed by atoms with Crippen LogP contribution in [0.2, 0.25) is 0 Å². The number of nitrogens with zero attached hydrogens (tertiary/aromatic N) is 2. The van der Waals surface area contributed by atoms with E-state index in [2.05, 4.69) is 37.8 Å². The van der Waals surface area contributed by atoms with Gasteiger partial charge in [-0.25, -0.2) is 0 Å². The third-order valence-corrected chi connectivity index (χ3v) is 6.32. The summed E-state index contributed by atoms with van der Waals surface area (Å²) in [4.78, 5) is 18.9. The lowest BCUT2D eigenvalue weighted by molar-refractivity contribution is 0.0554. The third-order valence-electron chi connectivity index (χ3n) is 4.76. The largest absolute Gasteiger partial charge is 0.417 e. The monoisotopic (exact) mass is 439 g/mol. The minimum Gasteiger partial charge on any atom is -0.417 e. The van der Waals surface area contributed by atoms with Crippen LogP contribution >= 0.6 is 22.6 Å². The van der Waals surface area contributed by atoms with Gasteiger partial charge in [-0.3, -0.25) is 9.69 Å². The van der Waals surface area contributed by atoms with Crippen molar-refractivity contribution < 1.29 is 13.9 Å². The molecule has 0 saturated carbocycles. The zero-order chi connectivity index (χ0) is 16.5. The van der Waals surface area contributed by atoms with Gasteiger partial charge in [0.2, 0.25) is 0 Å². The van der Waals surface area contributed by atoms with Gasteiger partial charge in [0.25, 0.3) is 5.91 Å². The highest BCUT2D eigenvalue weighted by Gasteiger charge is 2.41. The second kappa shape index (κ2) is 6.72. The first kappa shape index (κ1) is 15.9. The molecule has 1 amide bonds. The Kier molecular flexibility index (Phi) is 4.45. The number of halogens is 1. The van der Waals surface area contributed by atoms with Crippen LogP contribution < -0.4 is 10.1 Å². The normalized spacial score (nSPS) is 28.5. The zero-order valence-corrected chi connectivity index (χ0v) is 15.2. The first-order valence-electron chi connectivity index (χ1n) is 8.07. The Morgan fingerprint density at radius 1 is 1.29 bits per heavy atom. The van der Waals surface area contributed by atoms with Crippen LogP contribution in [0.4, 0.5) is 0 Å². The number of piperidine rings is 3. The number of oxazole rings is 1. The van der Waals surface area contributed by atoms with E-state index in [0.29, 0.717) is 21.3 Å². The lowest BCUT2D eigenvalue weighted by Crippen LogP contribution is -2.61. The number of ether oxygens (including phenoxy) is 1. The van der Waals surface area contributed by atoms with Gasteiger partial charge in [-0.05, 0) is 56.1 Å². The molecule has 6 nitrogen and oxygen atoms in total. The van der Waals surface area contributed by atoms with Crippen molar-refractivity contribution in [2.45, 2.75) is 22.9 Å². The highest BCUT2D eigenvalue weighted by Crippen LogP contribution is 2.35. The molecule has 0 radical (unpaired) electrons. The van der Waals surface area contributed by atoms with E-state index in [9.17, 15) is 4.79 Å². The van der Waals surface area contributed by atoms with E-state index in [4.69, 9.17) is 9.15 Å². The molecular weight excluding hydrogens is 421 g/mol. The fourth-order valence-corrected chi connectivity index (χ4v) is 4.76. The molecular formula is C17H18IN3O3. The van der Waals surface area contributed by atoms with E-state index < -0.39 is 0 Å². The van der Waals surface area contributed by atoms with Gasteiger partial charge in [0, 0.05) is 5.56 Å². The number of hydrogen-bond acceptors (Lipinski definition) is 5. The number of nitrogens with one attached hydrogen (secondary N) is 1. The van der Waals surface area contributed by atoms with Crippen LogP contribution in [0.5, 0.6) is 11.8 Å². The maximum absolute atomic E-state index is 12.6. The molecule has 1 unspecified atom stereocenters. The maximum Gasteiger partial charge on any atom is 0.399 e. The van der Waals surface area contributed by atoms with Gasteiger partial charge < -0.3 is 14.5 Å². The second-order valence-electron chi connectivity index (χ2n) is 6.17. The van der Waals surface area contributed by atoms with Gasteiger partial charge in [-0.1, -0.05) is 22.6 Å². The number of carbonyl (C=O) groups excluding carboxylic acids is 1. The minimum absolute atomic E-state index is 0.0295. The summed E-state index contributed by atoms with van der Waals surface area (Å²) in [7, 11) is 0. The zero-order valence-electron chi connectivity index (χ0n) is 13.0. The Bertz CT molecular complexity index is 694. The van der Waals surface area contributed by atoms with Crippen LogP contribution in [-0.2, 0) is 0 Å². The van der Waals surface area contributed by atoms with Gasteiger partial charge in [0.05, 0.1) is 16.3 Å². The quantitative estimate of drug-likeness (QED) is 0.451. The van der Waals surface area contributed by atoms with Crippen molar-refractivity contribution >= 4 is 28.5 Å². The highest BCUT2D eigenvalue weighted by atomic mass is 127. The minimum atomic E-state index is -0.0295. The summed E-state index contributed by atoms with van der Waals surface area (Å²) < 4.78 is 10.9. The Morgan fingerprint density at radius 3 is 2.67 bits per heavy atom. The molecule has 0 spiro atoms. The Morgan fingerprint density at radius 2 is 2.04 bits per heavy atom.